The fourth-order valence-corrected chi connectivity index (χ4v) is 2.29. The summed E-state index contributed by atoms with van der Waals surface area (Å²) in [5, 5.41) is 12.7. The second-order valence-electron chi connectivity index (χ2n) is 5.06. The van der Waals surface area contributed by atoms with Crippen LogP contribution in [0.2, 0.25) is 0 Å². The number of hydrogen-bond acceptors (Lipinski definition) is 5. The van der Waals surface area contributed by atoms with Gasteiger partial charge in [-0.15, -0.1) is 0 Å². The number of carboxylic acids is 1. The van der Waals surface area contributed by atoms with Crippen LogP contribution in [0.15, 0.2) is 28.8 Å². The Balaban J connectivity index is 1.61. The van der Waals surface area contributed by atoms with Gasteiger partial charge in [0.25, 0.3) is 0 Å². The molecule has 3 rings (SSSR count). The molecule has 0 unspecified atom stereocenters. The molecule has 1 aromatic carbocycles. The molecule has 0 bridgehead atoms. The van der Waals surface area contributed by atoms with Gasteiger partial charge in [-0.2, -0.15) is 4.98 Å². The molecule has 0 aliphatic carbocycles. The van der Waals surface area contributed by atoms with Gasteiger partial charge in [-0.3, -0.25) is 9.69 Å². The number of hydrogen-bond donors (Lipinski definition) is 1. The molecule has 1 aromatic heterocycles. The van der Waals surface area contributed by atoms with E-state index in [0.29, 0.717) is 24.8 Å². The summed E-state index contributed by atoms with van der Waals surface area (Å²) in [5.74, 6) is 0.217. The molecule has 6 heteroatoms. The zero-order chi connectivity index (χ0) is 14.1. The van der Waals surface area contributed by atoms with E-state index in [4.69, 9.17) is 9.63 Å². The lowest BCUT2D eigenvalue weighted by molar-refractivity contribution is -0.147. The molecule has 6 nitrogen and oxygen atoms in total. The van der Waals surface area contributed by atoms with Crippen LogP contribution in [-0.2, 0) is 11.3 Å². The number of rotatable bonds is 4. The molecule has 0 spiro atoms. The lowest BCUT2D eigenvalue weighted by Gasteiger charge is -2.36. The molecule has 1 aliphatic rings. The predicted octanol–water partition coefficient (Wildman–Crippen LogP) is 1.56. The molecule has 1 N–H and O–H groups in total. The SMILES string of the molecule is Cc1nc(-c2ccc(CN3CC(C(=O)O)C3)cc2)no1. The van der Waals surface area contributed by atoms with Gasteiger partial charge in [-0.1, -0.05) is 29.4 Å². The van der Waals surface area contributed by atoms with Crippen molar-refractivity contribution in [1.29, 1.82) is 0 Å². The molecule has 2 heterocycles. The van der Waals surface area contributed by atoms with Crippen molar-refractivity contribution in [2.24, 2.45) is 5.92 Å². The molecule has 0 amide bonds. The molecule has 1 saturated heterocycles. The van der Waals surface area contributed by atoms with Crippen LogP contribution in [0.5, 0.6) is 0 Å². The number of nitrogens with zero attached hydrogens (tertiary/aromatic N) is 3. The summed E-state index contributed by atoms with van der Waals surface area (Å²) in [6, 6.07) is 7.92. The molecule has 0 atom stereocenters. The van der Waals surface area contributed by atoms with Crippen LogP contribution in [-0.4, -0.2) is 39.2 Å². The Kier molecular flexibility index (Phi) is 3.23. The number of carboxylic acid groups (broad SMARTS) is 1. The maximum Gasteiger partial charge on any atom is 0.309 e. The van der Waals surface area contributed by atoms with Crippen LogP contribution < -0.4 is 0 Å². The van der Waals surface area contributed by atoms with Crippen molar-refractivity contribution in [2.75, 3.05) is 13.1 Å². The average molecular weight is 273 g/mol. The van der Waals surface area contributed by atoms with Gasteiger partial charge in [-0.05, 0) is 5.56 Å². The number of aliphatic carboxylic acids is 1. The first-order chi connectivity index (χ1) is 9.61. The molecule has 104 valence electrons. The minimum Gasteiger partial charge on any atom is -0.481 e. The second-order valence-corrected chi connectivity index (χ2v) is 5.06. The normalized spacial score (nSPS) is 16.1. The van der Waals surface area contributed by atoms with Gasteiger partial charge in [0.15, 0.2) is 0 Å². The predicted molar refractivity (Wildman–Crippen MR) is 70.9 cm³/mol. The van der Waals surface area contributed by atoms with Crippen LogP contribution in [0.1, 0.15) is 11.5 Å². The van der Waals surface area contributed by atoms with E-state index in [0.717, 1.165) is 17.7 Å². The topological polar surface area (TPSA) is 79.5 Å². The Morgan fingerprint density at radius 3 is 2.65 bits per heavy atom. The van der Waals surface area contributed by atoms with Crippen molar-refractivity contribution in [3.63, 3.8) is 0 Å². The maximum absolute atomic E-state index is 10.7. The molecular formula is C14H15N3O3. The first-order valence-corrected chi connectivity index (χ1v) is 6.46. The zero-order valence-corrected chi connectivity index (χ0v) is 11.1. The summed E-state index contributed by atoms with van der Waals surface area (Å²) >= 11 is 0. The van der Waals surface area contributed by atoms with E-state index in [2.05, 4.69) is 15.0 Å². The minimum absolute atomic E-state index is 0.212. The van der Waals surface area contributed by atoms with Crippen LogP contribution in [0.4, 0.5) is 0 Å². The van der Waals surface area contributed by atoms with Gasteiger partial charge in [0.05, 0.1) is 5.92 Å². The van der Waals surface area contributed by atoms with Crippen LogP contribution in [0.3, 0.4) is 0 Å². The summed E-state index contributed by atoms with van der Waals surface area (Å²) in [4.78, 5) is 17.0. The smallest absolute Gasteiger partial charge is 0.309 e. The highest BCUT2D eigenvalue weighted by molar-refractivity contribution is 5.71. The van der Waals surface area contributed by atoms with Crippen molar-refractivity contribution < 1.29 is 14.4 Å². The number of benzene rings is 1. The Bertz CT molecular complexity index is 615. The summed E-state index contributed by atoms with van der Waals surface area (Å²) in [5.41, 5.74) is 2.07. The molecule has 0 radical (unpaired) electrons. The van der Waals surface area contributed by atoms with Crippen molar-refractivity contribution in [1.82, 2.24) is 15.0 Å². The third kappa shape index (κ3) is 2.55. The number of aryl methyl sites for hydroxylation is 1. The molecule has 1 fully saturated rings. The maximum atomic E-state index is 10.7. The summed E-state index contributed by atoms with van der Waals surface area (Å²) in [6.07, 6.45) is 0. The van der Waals surface area contributed by atoms with Gasteiger partial charge in [-0.25, -0.2) is 0 Å². The van der Waals surface area contributed by atoms with Crippen LogP contribution >= 0.6 is 0 Å². The van der Waals surface area contributed by atoms with Crippen LogP contribution in [0.25, 0.3) is 11.4 Å². The molecule has 1 aliphatic heterocycles. The van der Waals surface area contributed by atoms with Gasteiger partial charge >= 0.3 is 5.97 Å². The van der Waals surface area contributed by atoms with E-state index in [1.165, 1.54) is 0 Å². The summed E-state index contributed by atoms with van der Waals surface area (Å²) in [7, 11) is 0. The largest absolute Gasteiger partial charge is 0.481 e. The standard InChI is InChI=1S/C14H15N3O3/c1-9-15-13(16-20-9)11-4-2-10(3-5-11)6-17-7-12(8-17)14(18)19/h2-5,12H,6-8H2,1H3,(H,18,19). The molecule has 20 heavy (non-hydrogen) atoms. The number of likely N-dealkylation sites (tertiary alicyclic amines) is 1. The van der Waals surface area contributed by atoms with Gasteiger partial charge in [0, 0.05) is 32.1 Å². The molecule has 2 aromatic rings. The Hall–Kier alpha value is -2.21. The van der Waals surface area contributed by atoms with E-state index in [1.54, 1.807) is 6.92 Å². The second kappa shape index (κ2) is 5.05. The van der Waals surface area contributed by atoms with Gasteiger partial charge < -0.3 is 9.63 Å². The Morgan fingerprint density at radius 2 is 2.10 bits per heavy atom. The molecule has 0 saturated carbocycles. The first kappa shape index (κ1) is 12.8. The van der Waals surface area contributed by atoms with E-state index in [1.807, 2.05) is 24.3 Å². The summed E-state index contributed by atoms with van der Waals surface area (Å²) < 4.78 is 4.95. The summed E-state index contributed by atoms with van der Waals surface area (Å²) in [6.45, 7) is 3.78. The first-order valence-electron chi connectivity index (χ1n) is 6.46. The van der Waals surface area contributed by atoms with Gasteiger partial charge in [0.1, 0.15) is 0 Å². The van der Waals surface area contributed by atoms with Crippen molar-refractivity contribution in [2.45, 2.75) is 13.5 Å². The Labute approximate surface area is 116 Å². The highest BCUT2D eigenvalue weighted by Gasteiger charge is 2.32. The van der Waals surface area contributed by atoms with E-state index in [-0.39, 0.29) is 5.92 Å². The monoisotopic (exact) mass is 273 g/mol. The highest BCUT2D eigenvalue weighted by atomic mass is 16.5. The highest BCUT2D eigenvalue weighted by Crippen LogP contribution is 2.21. The van der Waals surface area contributed by atoms with E-state index in [9.17, 15) is 4.79 Å². The molecular weight excluding hydrogens is 258 g/mol. The number of aromatic nitrogens is 2. The minimum atomic E-state index is -0.705. The third-order valence-corrected chi connectivity index (χ3v) is 3.45. The van der Waals surface area contributed by atoms with Crippen molar-refractivity contribution >= 4 is 5.97 Å². The average Bonchev–Trinajstić information content (AvgIpc) is 2.80. The van der Waals surface area contributed by atoms with Crippen molar-refractivity contribution in [3.05, 3.63) is 35.7 Å². The van der Waals surface area contributed by atoms with E-state index < -0.39 is 5.97 Å². The zero-order valence-electron chi connectivity index (χ0n) is 11.1. The Morgan fingerprint density at radius 1 is 1.40 bits per heavy atom. The number of carbonyl (C=O) groups is 1. The van der Waals surface area contributed by atoms with Gasteiger partial charge in [0.2, 0.25) is 11.7 Å². The van der Waals surface area contributed by atoms with Crippen molar-refractivity contribution in [3.8, 4) is 11.4 Å². The van der Waals surface area contributed by atoms with E-state index >= 15 is 0 Å². The third-order valence-electron chi connectivity index (χ3n) is 3.45. The lowest BCUT2D eigenvalue weighted by atomic mass is 9.99. The fourth-order valence-electron chi connectivity index (χ4n) is 2.29. The fraction of sp³-hybridized carbons (Fsp3) is 0.357. The quantitative estimate of drug-likeness (QED) is 0.910. The lowest BCUT2D eigenvalue weighted by Crippen LogP contribution is -2.49. The van der Waals surface area contributed by atoms with Crippen LogP contribution in [0, 0.1) is 12.8 Å².